The maximum atomic E-state index is 10.5. The largest absolute Gasteiger partial charge is 0.298 e. The highest BCUT2D eigenvalue weighted by Crippen LogP contribution is 2.24. The Labute approximate surface area is 86.5 Å². The molecule has 2 nitrogen and oxygen atoms in total. The first kappa shape index (κ1) is 9.43. The van der Waals surface area contributed by atoms with Crippen molar-refractivity contribution >= 4 is 38.1 Å². The van der Waals surface area contributed by atoms with E-state index in [2.05, 4.69) is 31.9 Å². The fraction of sp³-hybridized carbons (Fsp3) is 0. The summed E-state index contributed by atoms with van der Waals surface area (Å²) in [6, 6.07) is 5.28. The second kappa shape index (κ2) is 3.83. The zero-order valence-electron chi connectivity index (χ0n) is 5.84. The minimum Gasteiger partial charge on any atom is -0.298 e. The van der Waals surface area contributed by atoms with Crippen LogP contribution in [0.25, 0.3) is 0 Å². The molecule has 12 heavy (non-hydrogen) atoms. The van der Waals surface area contributed by atoms with Crippen molar-refractivity contribution in [2.75, 3.05) is 0 Å². The Morgan fingerprint density at radius 3 is 2.58 bits per heavy atom. The van der Waals surface area contributed by atoms with Crippen molar-refractivity contribution in [3.05, 3.63) is 32.2 Å². The maximum Gasteiger partial charge on any atom is 0.151 e. The lowest BCUT2D eigenvalue weighted by atomic mass is 10.1. The molecular weight excluding hydrogens is 286 g/mol. The van der Waals surface area contributed by atoms with Gasteiger partial charge in [-0.3, -0.25) is 4.79 Å². The van der Waals surface area contributed by atoms with E-state index in [0.717, 1.165) is 4.47 Å². The van der Waals surface area contributed by atoms with Gasteiger partial charge in [-0.1, -0.05) is 15.9 Å². The monoisotopic (exact) mass is 287 g/mol. The van der Waals surface area contributed by atoms with E-state index < -0.39 is 0 Å². The molecule has 0 aromatic heterocycles. The topological polar surface area (TPSA) is 40.9 Å². The number of nitrogens with zero attached hydrogens (tertiary/aromatic N) is 1. The van der Waals surface area contributed by atoms with E-state index in [4.69, 9.17) is 5.26 Å². The lowest BCUT2D eigenvalue weighted by Crippen LogP contribution is -1.86. The SMILES string of the molecule is N#Cc1cc(Br)cc(C=O)c1Br. The summed E-state index contributed by atoms with van der Waals surface area (Å²) in [5.41, 5.74) is 0.924. The van der Waals surface area contributed by atoms with Crippen molar-refractivity contribution in [2.24, 2.45) is 0 Å². The molecule has 4 heteroatoms. The van der Waals surface area contributed by atoms with Gasteiger partial charge < -0.3 is 0 Å². The van der Waals surface area contributed by atoms with E-state index in [0.29, 0.717) is 21.9 Å². The van der Waals surface area contributed by atoms with Gasteiger partial charge in [0.1, 0.15) is 6.07 Å². The van der Waals surface area contributed by atoms with Crippen LogP contribution >= 0.6 is 31.9 Å². The van der Waals surface area contributed by atoms with Crippen LogP contribution in [0.5, 0.6) is 0 Å². The number of halogens is 2. The molecule has 1 aromatic carbocycles. The van der Waals surface area contributed by atoms with Crippen LogP contribution in [0.3, 0.4) is 0 Å². The standard InChI is InChI=1S/C8H3Br2NO/c9-7-1-5(3-11)8(10)6(2-7)4-12/h1-2,4H. The van der Waals surface area contributed by atoms with Gasteiger partial charge in [0, 0.05) is 14.5 Å². The van der Waals surface area contributed by atoms with E-state index >= 15 is 0 Å². The van der Waals surface area contributed by atoms with Gasteiger partial charge in [0.15, 0.2) is 6.29 Å². The summed E-state index contributed by atoms with van der Waals surface area (Å²) in [6.45, 7) is 0. The van der Waals surface area contributed by atoms with Gasteiger partial charge in [0.2, 0.25) is 0 Å². The number of carbonyl (C=O) groups excluding carboxylic acids is 1. The lowest BCUT2D eigenvalue weighted by Gasteiger charge is -1.99. The number of nitriles is 1. The Morgan fingerprint density at radius 1 is 1.42 bits per heavy atom. The van der Waals surface area contributed by atoms with Gasteiger partial charge in [-0.15, -0.1) is 0 Å². The Hall–Kier alpha value is -0.660. The molecule has 0 amide bonds. The number of rotatable bonds is 1. The second-order valence-corrected chi connectivity index (χ2v) is 3.79. The molecule has 0 bridgehead atoms. The Bertz CT molecular complexity index is 368. The van der Waals surface area contributed by atoms with E-state index in [9.17, 15) is 4.79 Å². The van der Waals surface area contributed by atoms with Crippen molar-refractivity contribution in [1.82, 2.24) is 0 Å². The fourth-order valence-corrected chi connectivity index (χ4v) is 1.66. The quantitative estimate of drug-likeness (QED) is 0.746. The number of aldehydes is 1. The smallest absolute Gasteiger partial charge is 0.151 e. The highest BCUT2D eigenvalue weighted by Gasteiger charge is 2.05. The van der Waals surface area contributed by atoms with Crippen molar-refractivity contribution < 1.29 is 4.79 Å². The number of carbonyl (C=O) groups is 1. The van der Waals surface area contributed by atoms with Gasteiger partial charge >= 0.3 is 0 Å². The summed E-state index contributed by atoms with van der Waals surface area (Å²) in [5, 5.41) is 8.65. The Kier molecular flexibility index (Phi) is 3.01. The van der Waals surface area contributed by atoms with Crippen LogP contribution in [0, 0.1) is 11.3 Å². The van der Waals surface area contributed by atoms with Crippen LogP contribution in [0.4, 0.5) is 0 Å². The molecular formula is C8H3Br2NO. The number of hydrogen-bond acceptors (Lipinski definition) is 2. The van der Waals surface area contributed by atoms with E-state index in [-0.39, 0.29) is 0 Å². The maximum absolute atomic E-state index is 10.5. The Morgan fingerprint density at radius 2 is 2.08 bits per heavy atom. The minimum absolute atomic E-state index is 0.450. The third kappa shape index (κ3) is 1.74. The first-order valence-electron chi connectivity index (χ1n) is 3.03. The predicted octanol–water partition coefficient (Wildman–Crippen LogP) is 2.90. The molecule has 0 aliphatic heterocycles. The molecule has 0 heterocycles. The van der Waals surface area contributed by atoms with Crippen molar-refractivity contribution in [3.8, 4) is 6.07 Å². The second-order valence-electron chi connectivity index (χ2n) is 2.09. The molecule has 0 radical (unpaired) electrons. The van der Waals surface area contributed by atoms with Crippen molar-refractivity contribution in [1.29, 1.82) is 5.26 Å². The lowest BCUT2D eigenvalue weighted by molar-refractivity contribution is 0.112. The summed E-state index contributed by atoms with van der Waals surface area (Å²) in [7, 11) is 0. The summed E-state index contributed by atoms with van der Waals surface area (Å²) >= 11 is 6.36. The summed E-state index contributed by atoms with van der Waals surface area (Å²) < 4.78 is 1.27. The first-order valence-corrected chi connectivity index (χ1v) is 4.62. The van der Waals surface area contributed by atoms with Crippen LogP contribution in [0.15, 0.2) is 21.1 Å². The molecule has 0 N–H and O–H groups in total. The molecule has 0 fully saturated rings. The third-order valence-electron chi connectivity index (χ3n) is 1.31. The highest BCUT2D eigenvalue weighted by atomic mass is 79.9. The van der Waals surface area contributed by atoms with Crippen molar-refractivity contribution in [2.45, 2.75) is 0 Å². The summed E-state index contributed by atoms with van der Waals surface area (Å²) in [4.78, 5) is 10.5. The van der Waals surface area contributed by atoms with Crippen LogP contribution in [0.1, 0.15) is 15.9 Å². The minimum atomic E-state index is 0.450. The molecule has 0 atom stereocenters. The van der Waals surface area contributed by atoms with Crippen LogP contribution in [-0.4, -0.2) is 6.29 Å². The van der Waals surface area contributed by atoms with Crippen molar-refractivity contribution in [3.63, 3.8) is 0 Å². The van der Waals surface area contributed by atoms with E-state index in [1.165, 1.54) is 0 Å². The average molecular weight is 289 g/mol. The van der Waals surface area contributed by atoms with Crippen LogP contribution in [0.2, 0.25) is 0 Å². The zero-order valence-corrected chi connectivity index (χ0v) is 9.02. The summed E-state index contributed by atoms with van der Waals surface area (Å²) in [5.74, 6) is 0. The predicted molar refractivity (Wildman–Crippen MR) is 51.9 cm³/mol. The van der Waals surface area contributed by atoms with Gasteiger partial charge in [0.25, 0.3) is 0 Å². The molecule has 1 aromatic rings. The molecule has 1 rings (SSSR count). The normalized spacial score (nSPS) is 9.08. The van der Waals surface area contributed by atoms with E-state index in [1.54, 1.807) is 12.1 Å². The van der Waals surface area contributed by atoms with Gasteiger partial charge in [-0.25, -0.2) is 0 Å². The van der Waals surface area contributed by atoms with Gasteiger partial charge in [0.05, 0.1) is 5.56 Å². The Balaban J connectivity index is 3.44. The molecule has 0 saturated heterocycles. The van der Waals surface area contributed by atoms with Gasteiger partial charge in [-0.2, -0.15) is 5.26 Å². The number of hydrogen-bond donors (Lipinski definition) is 0. The molecule has 0 unspecified atom stereocenters. The molecule has 60 valence electrons. The highest BCUT2D eigenvalue weighted by molar-refractivity contribution is 9.11. The average Bonchev–Trinajstić information content (AvgIpc) is 2.08. The first-order chi connectivity index (χ1) is 5.69. The summed E-state index contributed by atoms with van der Waals surface area (Å²) in [6.07, 6.45) is 0.704. The third-order valence-corrected chi connectivity index (χ3v) is 2.66. The molecule has 0 aliphatic rings. The zero-order chi connectivity index (χ0) is 9.14. The van der Waals surface area contributed by atoms with Gasteiger partial charge in [-0.05, 0) is 28.1 Å². The molecule has 0 aliphatic carbocycles. The molecule has 0 saturated carbocycles. The number of benzene rings is 1. The molecule has 0 spiro atoms. The van der Waals surface area contributed by atoms with Crippen LogP contribution < -0.4 is 0 Å². The van der Waals surface area contributed by atoms with Crippen LogP contribution in [-0.2, 0) is 0 Å². The fourth-order valence-electron chi connectivity index (χ4n) is 0.777. The van der Waals surface area contributed by atoms with E-state index in [1.807, 2.05) is 6.07 Å².